The molecule has 0 amide bonds. The Kier molecular flexibility index (Phi) is 4.10. The Bertz CT molecular complexity index is 1060. The van der Waals surface area contributed by atoms with Crippen LogP contribution in [0.2, 0.25) is 0 Å². The first kappa shape index (κ1) is 17.8. The van der Waals surface area contributed by atoms with E-state index in [1.165, 1.54) is 12.1 Å². The van der Waals surface area contributed by atoms with E-state index in [2.05, 4.69) is 4.98 Å². The van der Waals surface area contributed by atoms with Crippen LogP contribution in [0.4, 0.5) is 13.2 Å². The fraction of sp³-hybridized carbons (Fsp3) is 0.211. The van der Waals surface area contributed by atoms with Crippen molar-refractivity contribution >= 4 is 10.8 Å². The summed E-state index contributed by atoms with van der Waals surface area (Å²) in [6.07, 6.45) is -2.79. The monoisotopic (exact) mass is 392 g/mol. The van der Waals surface area contributed by atoms with Crippen molar-refractivity contribution in [3.63, 3.8) is 0 Å². The molecule has 0 N–H and O–H groups in total. The number of halogens is 3. The molecular formula is C19H15F3N2O2S. The third-order valence-corrected chi connectivity index (χ3v) is 5.39. The quantitative estimate of drug-likeness (QED) is 0.645. The van der Waals surface area contributed by atoms with Crippen molar-refractivity contribution in [1.29, 1.82) is 0 Å². The number of aromatic nitrogens is 2. The Hall–Kier alpha value is -2.61. The number of imidazole rings is 1. The summed E-state index contributed by atoms with van der Waals surface area (Å²) >= 11 is 0. The standard InChI is InChI=1S/C19H15F3N2O2S/c1-11-18(12-3-5-13(6-4-12)19(20,21)22)24-15-8-7-14(27(2)25)9-16(15)26-10-17(24)23-11/h3-9H,10H2,1-2H3. The summed E-state index contributed by atoms with van der Waals surface area (Å²) in [6, 6.07) is 10.3. The van der Waals surface area contributed by atoms with Gasteiger partial charge in [0.1, 0.15) is 12.4 Å². The molecule has 1 aliphatic heterocycles. The van der Waals surface area contributed by atoms with Crippen molar-refractivity contribution in [3.8, 4) is 22.7 Å². The topological polar surface area (TPSA) is 44.1 Å². The first-order valence-corrected chi connectivity index (χ1v) is 9.68. The fourth-order valence-corrected chi connectivity index (χ4v) is 3.75. The molecule has 3 aromatic rings. The summed E-state index contributed by atoms with van der Waals surface area (Å²) in [5, 5.41) is 0. The molecule has 0 radical (unpaired) electrons. The predicted molar refractivity (Wildman–Crippen MR) is 95.4 cm³/mol. The van der Waals surface area contributed by atoms with Gasteiger partial charge in [-0.15, -0.1) is 0 Å². The van der Waals surface area contributed by atoms with E-state index in [-0.39, 0.29) is 6.61 Å². The van der Waals surface area contributed by atoms with Crippen LogP contribution in [0, 0.1) is 6.92 Å². The average molecular weight is 392 g/mol. The Balaban J connectivity index is 1.86. The van der Waals surface area contributed by atoms with Gasteiger partial charge in [-0.2, -0.15) is 13.2 Å². The molecule has 27 heavy (non-hydrogen) atoms. The number of aryl methyl sites for hydroxylation is 1. The lowest BCUT2D eigenvalue weighted by Crippen LogP contribution is -2.14. The lowest BCUT2D eigenvalue weighted by molar-refractivity contribution is -0.137. The average Bonchev–Trinajstić information content (AvgIpc) is 2.96. The first-order chi connectivity index (χ1) is 12.8. The summed E-state index contributed by atoms with van der Waals surface area (Å²) < 4.78 is 57.9. The van der Waals surface area contributed by atoms with E-state index >= 15 is 0 Å². The molecule has 8 heteroatoms. The SMILES string of the molecule is Cc1nc2n(c1-c1ccc(C(F)(F)F)cc1)-c1ccc(S(C)=O)cc1OC2. The van der Waals surface area contributed by atoms with Gasteiger partial charge >= 0.3 is 6.18 Å². The number of fused-ring (bicyclic) bond motifs is 3. The second kappa shape index (κ2) is 6.23. The third kappa shape index (κ3) is 3.03. The number of rotatable bonds is 2. The number of hydrogen-bond donors (Lipinski definition) is 0. The highest BCUT2D eigenvalue weighted by Crippen LogP contribution is 2.38. The van der Waals surface area contributed by atoms with Crippen LogP contribution in [0.3, 0.4) is 0 Å². The highest BCUT2D eigenvalue weighted by Gasteiger charge is 2.31. The molecule has 4 rings (SSSR count). The van der Waals surface area contributed by atoms with Gasteiger partial charge in [0.25, 0.3) is 0 Å². The van der Waals surface area contributed by atoms with Crippen LogP contribution in [0.25, 0.3) is 16.9 Å². The van der Waals surface area contributed by atoms with Crippen LogP contribution in [-0.2, 0) is 23.6 Å². The highest BCUT2D eigenvalue weighted by molar-refractivity contribution is 7.84. The zero-order valence-electron chi connectivity index (χ0n) is 14.5. The molecule has 0 fully saturated rings. The summed E-state index contributed by atoms with van der Waals surface area (Å²) in [5.41, 5.74) is 2.08. The maximum absolute atomic E-state index is 12.9. The third-order valence-electron chi connectivity index (χ3n) is 4.47. The van der Waals surface area contributed by atoms with Crippen LogP contribution in [0.5, 0.6) is 5.75 Å². The minimum absolute atomic E-state index is 0.230. The summed E-state index contributed by atoms with van der Waals surface area (Å²) in [4.78, 5) is 5.15. The van der Waals surface area contributed by atoms with Crippen molar-refractivity contribution in [2.75, 3.05) is 6.26 Å². The molecule has 0 saturated carbocycles. The van der Waals surface area contributed by atoms with E-state index in [4.69, 9.17) is 4.74 Å². The molecule has 0 aliphatic carbocycles. The van der Waals surface area contributed by atoms with Crippen LogP contribution < -0.4 is 4.74 Å². The van der Waals surface area contributed by atoms with Gasteiger partial charge in [-0.3, -0.25) is 8.78 Å². The molecule has 1 atom stereocenters. The van der Waals surface area contributed by atoms with E-state index in [1.807, 2.05) is 11.5 Å². The van der Waals surface area contributed by atoms with Gasteiger partial charge in [-0.05, 0) is 37.3 Å². The number of hydrogen-bond acceptors (Lipinski definition) is 3. The minimum Gasteiger partial charge on any atom is -0.483 e. The molecule has 0 spiro atoms. The Morgan fingerprint density at radius 1 is 1.15 bits per heavy atom. The summed E-state index contributed by atoms with van der Waals surface area (Å²) in [6.45, 7) is 2.04. The minimum atomic E-state index is -4.38. The maximum Gasteiger partial charge on any atom is 0.416 e. The summed E-state index contributed by atoms with van der Waals surface area (Å²) in [5.74, 6) is 1.24. The molecular weight excluding hydrogens is 377 g/mol. The van der Waals surface area contributed by atoms with E-state index < -0.39 is 22.5 Å². The van der Waals surface area contributed by atoms with E-state index in [9.17, 15) is 17.4 Å². The first-order valence-electron chi connectivity index (χ1n) is 8.12. The van der Waals surface area contributed by atoms with Crippen molar-refractivity contribution < 1.29 is 22.1 Å². The van der Waals surface area contributed by atoms with Crippen molar-refractivity contribution in [3.05, 3.63) is 59.5 Å². The van der Waals surface area contributed by atoms with Gasteiger partial charge in [-0.1, -0.05) is 12.1 Å². The second-order valence-electron chi connectivity index (χ2n) is 6.24. The molecule has 2 heterocycles. The molecule has 140 valence electrons. The number of benzene rings is 2. The number of alkyl halides is 3. The van der Waals surface area contributed by atoms with Gasteiger partial charge in [0.2, 0.25) is 0 Å². The van der Waals surface area contributed by atoms with Crippen LogP contribution in [0.1, 0.15) is 17.1 Å². The smallest absolute Gasteiger partial charge is 0.416 e. The highest BCUT2D eigenvalue weighted by atomic mass is 32.2. The number of ether oxygens (including phenoxy) is 1. The van der Waals surface area contributed by atoms with Crippen molar-refractivity contribution in [2.45, 2.75) is 24.6 Å². The van der Waals surface area contributed by atoms with Crippen LogP contribution in [-0.4, -0.2) is 20.0 Å². The van der Waals surface area contributed by atoms with E-state index in [0.29, 0.717) is 33.4 Å². The van der Waals surface area contributed by atoms with Crippen LogP contribution >= 0.6 is 0 Å². The predicted octanol–water partition coefficient (Wildman–Crippen LogP) is 4.50. The number of nitrogens with zero attached hydrogens (tertiary/aromatic N) is 2. The van der Waals surface area contributed by atoms with E-state index in [0.717, 1.165) is 17.8 Å². The van der Waals surface area contributed by atoms with Crippen molar-refractivity contribution in [2.24, 2.45) is 0 Å². The lowest BCUT2D eigenvalue weighted by Gasteiger charge is -2.22. The Morgan fingerprint density at radius 2 is 1.85 bits per heavy atom. The normalized spacial score (nSPS) is 14.3. The Morgan fingerprint density at radius 3 is 2.48 bits per heavy atom. The van der Waals surface area contributed by atoms with Crippen molar-refractivity contribution in [1.82, 2.24) is 9.55 Å². The zero-order chi connectivity index (χ0) is 19.3. The zero-order valence-corrected chi connectivity index (χ0v) is 15.3. The largest absolute Gasteiger partial charge is 0.483 e. The maximum atomic E-state index is 12.9. The molecule has 2 aromatic carbocycles. The van der Waals surface area contributed by atoms with E-state index in [1.54, 1.807) is 24.5 Å². The molecule has 1 aromatic heterocycles. The molecule has 0 saturated heterocycles. The molecule has 1 unspecified atom stereocenters. The second-order valence-corrected chi connectivity index (χ2v) is 7.62. The summed E-state index contributed by atoms with van der Waals surface area (Å²) in [7, 11) is -1.14. The fourth-order valence-electron chi connectivity index (χ4n) is 3.21. The van der Waals surface area contributed by atoms with Gasteiger partial charge < -0.3 is 4.74 Å². The van der Waals surface area contributed by atoms with Gasteiger partial charge in [-0.25, -0.2) is 4.98 Å². The van der Waals surface area contributed by atoms with Gasteiger partial charge in [0, 0.05) is 27.5 Å². The molecule has 0 bridgehead atoms. The molecule has 1 aliphatic rings. The lowest BCUT2D eigenvalue weighted by atomic mass is 10.1. The Labute approximate surface area is 156 Å². The van der Waals surface area contributed by atoms with Gasteiger partial charge in [0.15, 0.2) is 5.82 Å². The van der Waals surface area contributed by atoms with Gasteiger partial charge in [0.05, 0.1) is 22.6 Å². The molecule has 4 nitrogen and oxygen atoms in total. The van der Waals surface area contributed by atoms with Crippen LogP contribution in [0.15, 0.2) is 47.4 Å².